The van der Waals surface area contributed by atoms with Gasteiger partial charge in [0.1, 0.15) is 12.1 Å². The lowest BCUT2D eigenvalue weighted by Gasteiger charge is -2.21. The fourth-order valence-electron chi connectivity index (χ4n) is 1.92. The summed E-state index contributed by atoms with van der Waals surface area (Å²) in [7, 11) is 0. The van der Waals surface area contributed by atoms with Crippen LogP contribution in [0, 0.1) is 5.92 Å². The van der Waals surface area contributed by atoms with Crippen LogP contribution < -0.4 is 21.7 Å². The molecule has 0 aromatic rings. The SMILES string of the molecule is CC(C)CC(NC(=O)C(CC(=O)O)NC(=O)CNC(=O)C(C)N)C(=O)O. The molecule has 0 aromatic carbocycles. The Hall–Kier alpha value is -2.69. The molecule has 3 unspecified atom stereocenters. The Morgan fingerprint density at radius 2 is 1.50 bits per heavy atom. The van der Waals surface area contributed by atoms with E-state index in [1.54, 1.807) is 13.8 Å². The maximum atomic E-state index is 12.2. The van der Waals surface area contributed by atoms with Gasteiger partial charge in [-0.25, -0.2) is 4.79 Å². The summed E-state index contributed by atoms with van der Waals surface area (Å²) in [5, 5.41) is 24.6. The number of hydrogen-bond acceptors (Lipinski definition) is 6. The van der Waals surface area contributed by atoms with Crippen LogP contribution in [0.3, 0.4) is 0 Å². The van der Waals surface area contributed by atoms with Gasteiger partial charge in [-0.05, 0) is 19.3 Å². The van der Waals surface area contributed by atoms with Gasteiger partial charge in [-0.3, -0.25) is 19.2 Å². The van der Waals surface area contributed by atoms with Crippen LogP contribution in [0.15, 0.2) is 0 Å². The van der Waals surface area contributed by atoms with E-state index in [4.69, 9.17) is 15.9 Å². The first-order valence-corrected chi connectivity index (χ1v) is 8.01. The van der Waals surface area contributed by atoms with E-state index in [1.807, 2.05) is 0 Å². The van der Waals surface area contributed by atoms with Crippen LogP contribution in [0.4, 0.5) is 0 Å². The fourth-order valence-corrected chi connectivity index (χ4v) is 1.92. The van der Waals surface area contributed by atoms with Gasteiger partial charge >= 0.3 is 11.9 Å². The number of amides is 3. The summed E-state index contributed by atoms with van der Waals surface area (Å²) in [6, 6.07) is -3.54. The molecule has 0 saturated heterocycles. The average Bonchev–Trinajstić information content (AvgIpc) is 2.49. The van der Waals surface area contributed by atoms with Gasteiger partial charge in [-0.2, -0.15) is 0 Å². The van der Waals surface area contributed by atoms with Gasteiger partial charge in [-0.15, -0.1) is 0 Å². The lowest BCUT2D eigenvalue weighted by atomic mass is 10.0. The molecule has 7 N–H and O–H groups in total. The summed E-state index contributed by atoms with van der Waals surface area (Å²) in [5.41, 5.74) is 5.32. The maximum Gasteiger partial charge on any atom is 0.326 e. The average molecular weight is 374 g/mol. The molecule has 0 aliphatic carbocycles. The minimum absolute atomic E-state index is 0.0302. The molecule has 0 bridgehead atoms. The third-order valence-corrected chi connectivity index (χ3v) is 3.19. The molecule has 11 heteroatoms. The summed E-state index contributed by atoms with van der Waals surface area (Å²) in [4.78, 5) is 57.4. The molecule has 0 aliphatic rings. The Morgan fingerprint density at radius 3 is 1.92 bits per heavy atom. The molecule has 148 valence electrons. The predicted molar refractivity (Wildman–Crippen MR) is 89.9 cm³/mol. The molecule has 0 spiro atoms. The number of hydrogen-bond donors (Lipinski definition) is 6. The van der Waals surface area contributed by atoms with E-state index in [1.165, 1.54) is 6.92 Å². The van der Waals surface area contributed by atoms with Crippen LogP contribution in [0.1, 0.15) is 33.6 Å². The number of carbonyl (C=O) groups excluding carboxylic acids is 3. The van der Waals surface area contributed by atoms with Crippen molar-refractivity contribution in [2.24, 2.45) is 11.7 Å². The minimum atomic E-state index is -1.48. The third kappa shape index (κ3) is 9.57. The van der Waals surface area contributed by atoms with Crippen molar-refractivity contribution in [3.63, 3.8) is 0 Å². The molecule has 0 saturated carbocycles. The first kappa shape index (κ1) is 23.3. The van der Waals surface area contributed by atoms with Gasteiger partial charge in [0.15, 0.2) is 0 Å². The van der Waals surface area contributed by atoms with Crippen LogP contribution in [-0.2, 0) is 24.0 Å². The molecule has 0 aliphatic heterocycles. The Morgan fingerprint density at radius 1 is 0.923 bits per heavy atom. The zero-order valence-corrected chi connectivity index (χ0v) is 14.9. The summed E-state index contributed by atoms with van der Waals surface area (Å²) < 4.78 is 0. The minimum Gasteiger partial charge on any atom is -0.481 e. The molecule has 0 heterocycles. The van der Waals surface area contributed by atoms with Crippen molar-refractivity contribution in [1.82, 2.24) is 16.0 Å². The number of carbonyl (C=O) groups is 5. The molecule has 0 aromatic heterocycles. The molecule has 3 amide bonds. The molecule has 11 nitrogen and oxygen atoms in total. The number of carboxylic acid groups (broad SMARTS) is 2. The smallest absolute Gasteiger partial charge is 0.326 e. The lowest BCUT2D eigenvalue weighted by Crippen LogP contribution is -2.54. The Bertz CT molecular complexity index is 548. The van der Waals surface area contributed by atoms with Gasteiger partial charge in [-0.1, -0.05) is 13.8 Å². The second kappa shape index (κ2) is 11.0. The van der Waals surface area contributed by atoms with Crippen molar-refractivity contribution >= 4 is 29.7 Å². The Labute approximate surface area is 150 Å². The van der Waals surface area contributed by atoms with E-state index in [0.717, 1.165) is 0 Å². The third-order valence-electron chi connectivity index (χ3n) is 3.19. The van der Waals surface area contributed by atoms with E-state index < -0.39 is 60.8 Å². The monoisotopic (exact) mass is 374 g/mol. The number of aliphatic carboxylic acids is 2. The molecular weight excluding hydrogens is 348 g/mol. The highest BCUT2D eigenvalue weighted by atomic mass is 16.4. The Kier molecular flexibility index (Phi) is 9.89. The highest BCUT2D eigenvalue weighted by molar-refractivity contribution is 5.94. The van der Waals surface area contributed by atoms with Gasteiger partial charge in [0, 0.05) is 0 Å². The number of rotatable bonds is 11. The molecule has 26 heavy (non-hydrogen) atoms. The van der Waals surface area contributed by atoms with Crippen molar-refractivity contribution in [3.8, 4) is 0 Å². The van der Waals surface area contributed by atoms with Crippen LogP contribution in [-0.4, -0.2) is 64.5 Å². The topological polar surface area (TPSA) is 188 Å². The fraction of sp³-hybridized carbons (Fsp3) is 0.667. The van der Waals surface area contributed by atoms with E-state index in [2.05, 4.69) is 16.0 Å². The summed E-state index contributed by atoms with van der Waals surface area (Å²) in [5.74, 6) is -5.00. The normalized spacial score (nSPS) is 14.0. The number of nitrogens with two attached hydrogens (primary N) is 1. The zero-order chi connectivity index (χ0) is 20.4. The molecule has 0 rings (SSSR count). The van der Waals surface area contributed by atoms with E-state index >= 15 is 0 Å². The van der Waals surface area contributed by atoms with Gasteiger partial charge in [0.05, 0.1) is 19.0 Å². The predicted octanol–water partition coefficient (Wildman–Crippen LogP) is -1.98. The molecule has 3 atom stereocenters. The molecule has 0 fully saturated rings. The van der Waals surface area contributed by atoms with Crippen molar-refractivity contribution in [1.29, 1.82) is 0 Å². The molecule has 0 radical (unpaired) electrons. The van der Waals surface area contributed by atoms with Gasteiger partial charge in [0.25, 0.3) is 0 Å². The zero-order valence-electron chi connectivity index (χ0n) is 14.9. The lowest BCUT2D eigenvalue weighted by molar-refractivity contribution is -0.143. The van der Waals surface area contributed by atoms with Crippen LogP contribution in [0.5, 0.6) is 0 Å². The summed E-state index contributed by atoms with van der Waals surface area (Å²) >= 11 is 0. The second-order valence-electron chi connectivity index (χ2n) is 6.25. The first-order chi connectivity index (χ1) is 11.9. The highest BCUT2D eigenvalue weighted by Crippen LogP contribution is 2.06. The largest absolute Gasteiger partial charge is 0.481 e. The van der Waals surface area contributed by atoms with E-state index in [-0.39, 0.29) is 12.3 Å². The second-order valence-corrected chi connectivity index (χ2v) is 6.25. The van der Waals surface area contributed by atoms with E-state index in [9.17, 15) is 24.0 Å². The number of carboxylic acids is 2. The summed E-state index contributed by atoms with van der Waals surface area (Å²) in [6.07, 6.45) is -0.605. The molecular formula is C15H26N4O7. The Balaban J connectivity index is 4.92. The van der Waals surface area contributed by atoms with Crippen molar-refractivity contribution in [2.45, 2.75) is 51.7 Å². The number of nitrogens with one attached hydrogen (secondary N) is 3. The van der Waals surface area contributed by atoms with Crippen molar-refractivity contribution in [3.05, 3.63) is 0 Å². The van der Waals surface area contributed by atoms with Crippen LogP contribution in [0.2, 0.25) is 0 Å². The van der Waals surface area contributed by atoms with Crippen molar-refractivity contribution < 1.29 is 34.2 Å². The van der Waals surface area contributed by atoms with Gasteiger partial charge < -0.3 is 31.9 Å². The standard InChI is InChI=1S/C15H26N4O7/c1-7(2)4-10(15(25)26)19-14(24)9(5-12(21)22)18-11(20)6-17-13(23)8(3)16/h7-10H,4-6,16H2,1-3H3,(H,17,23)(H,18,20)(H,19,24)(H,21,22)(H,25,26). The van der Waals surface area contributed by atoms with Crippen molar-refractivity contribution in [2.75, 3.05) is 6.54 Å². The van der Waals surface area contributed by atoms with Crippen LogP contribution >= 0.6 is 0 Å². The summed E-state index contributed by atoms with van der Waals surface area (Å²) in [6.45, 7) is 4.44. The quantitative estimate of drug-likeness (QED) is 0.240. The first-order valence-electron chi connectivity index (χ1n) is 8.01. The van der Waals surface area contributed by atoms with Gasteiger partial charge in [0.2, 0.25) is 17.7 Å². The van der Waals surface area contributed by atoms with E-state index in [0.29, 0.717) is 0 Å². The highest BCUT2D eigenvalue weighted by Gasteiger charge is 2.28. The maximum absolute atomic E-state index is 12.2. The van der Waals surface area contributed by atoms with Crippen LogP contribution in [0.25, 0.3) is 0 Å².